The Morgan fingerprint density at radius 1 is 1.38 bits per heavy atom. The SMILES string of the molecule is COc1cc(N2CC(CS(=O)(=O)F)CC2=O)c(Br)cc1Br. The van der Waals surface area contributed by atoms with Crippen LogP contribution in [0, 0.1) is 5.92 Å². The Balaban J connectivity index is 2.29. The summed E-state index contributed by atoms with van der Waals surface area (Å²) in [5.41, 5.74) is 0.568. The summed E-state index contributed by atoms with van der Waals surface area (Å²) in [6, 6.07) is 3.40. The lowest BCUT2D eigenvalue weighted by Gasteiger charge is -2.19. The largest absolute Gasteiger partial charge is 0.495 e. The van der Waals surface area contributed by atoms with Crippen molar-refractivity contribution in [3.05, 3.63) is 21.1 Å². The number of ether oxygens (including phenoxy) is 1. The van der Waals surface area contributed by atoms with E-state index in [1.807, 2.05) is 0 Å². The van der Waals surface area contributed by atoms with Crippen LogP contribution in [0.1, 0.15) is 6.42 Å². The highest BCUT2D eigenvalue weighted by atomic mass is 79.9. The maximum Gasteiger partial charge on any atom is 0.302 e. The number of benzene rings is 1. The van der Waals surface area contributed by atoms with E-state index in [-0.39, 0.29) is 18.9 Å². The first-order valence-electron chi connectivity index (χ1n) is 5.97. The first-order valence-corrected chi connectivity index (χ1v) is 9.11. The number of carbonyl (C=O) groups is 1. The number of halogens is 3. The summed E-state index contributed by atoms with van der Waals surface area (Å²) in [4.78, 5) is 13.5. The predicted molar refractivity (Wildman–Crippen MR) is 83.7 cm³/mol. The van der Waals surface area contributed by atoms with Crippen molar-refractivity contribution < 1.29 is 21.8 Å². The zero-order valence-electron chi connectivity index (χ0n) is 11.0. The number of hydrogen-bond donors (Lipinski definition) is 0. The van der Waals surface area contributed by atoms with E-state index in [1.165, 1.54) is 12.0 Å². The highest BCUT2D eigenvalue weighted by Crippen LogP contribution is 2.39. The number of amides is 1. The van der Waals surface area contributed by atoms with Crippen LogP contribution in [0.4, 0.5) is 9.57 Å². The molecule has 1 unspecified atom stereocenters. The Hall–Kier alpha value is -0.670. The minimum absolute atomic E-state index is 0.00791. The van der Waals surface area contributed by atoms with Gasteiger partial charge in [0.2, 0.25) is 5.91 Å². The zero-order valence-corrected chi connectivity index (χ0v) is 15.0. The van der Waals surface area contributed by atoms with Crippen LogP contribution in [-0.4, -0.2) is 33.7 Å². The molecule has 0 aromatic heterocycles. The minimum atomic E-state index is -4.59. The fraction of sp³-hybridized carbons (Fsp3) is 0.417. The summed E-state index contributed by atoms with van der Waals surface area (Å²) in [6.45, 7) is 0.158. The lowest BCUT2D eigenvalue weighted by atomic mass is 10.1. The second kappa shape index (κ2) is 6.21. The van der Waals surface area contributed by atoms with E-state index in [0.717, 1.165) is 4.47 Å². The normalized spacial score (nSPS) is 19.1. The highest BCUT2D eigenvalue weighted by molar-refractivity contribution is 9.11. The Morgan fingerprint density at radius 2 is 2.05 bits per heavy atom. The van der Waals surface area contributed by atoms with E-state index < -0.39 is 21.9 Å². The van der Waals surface area contributed by atoms with Crippen LogP contribution in [0.15, 0.2) is 21.1 Å². The van der Waals surface area contributed by atoms with Gasteiger partial charge in [0.15, 0.2) is 0 Å². The van der Waals surface area contributed by atoms with Crippen LogP contribution in [0.5, 0.6) is 5.75 Å². The molecule has 1 atom stereocenters. The number of nitrogens with zero attached hydrogens (tertiary/aromatic N) is 1. The van der Waals surface area contributed by atoms with E-state index in [9.17, 15) is 17.1 Å². The second-order valence-corrected chi connectivity index (χ2v) is 7.84. The molecular formula is C12H12Br2FNO4S. The van der Waals surface area contributed by atoms with Crippen LogP contribution in [0.3, 0.4) is 0 Å². The molecule has 1 fully saturated rings. The molecule has 0 radical (unpaired) electrons. The topological polar surface area (TPSA) is 63.7 Å². The monoisotopic (exact) mass is 443 g/mol. The van der Waals surface area contributed by atoms with Crippen molar-refractivity contribution >= 4 is 53.7 Å². The number of carbonyl (C=O) groups excluding carboxylic acids is 1. The van der Waals surface area contributed by atoms with Crippen LogP contribution >= 0.6 is 31.9 Å². The standard InChI is InChI=1S/C12H12Br2FNO4S/c1-20-11-4-10(8(13)3-9(11)14)16-5-7(2-12(16)17)6-21(15,18)19/h3-4,7H,2,5-6H2,1H3. The molecule has 0 aliphatic carbocycles. The first kappa shape index (κ1) is 16.7. The second-order valence-electron chi connectivity index (χ2n) is 4.72. The van der Waals surface area contributed by atoms with Crippen molar-refractivity contribution in [1.29, 1.82) is 0 Å². The third-order valence-corrected chi connectivity index (χ3v) is 5.28. The Bertz CT molecular complexity index is 680. The summed E-state index contributed by atoms with van der Waals surface area (Å²) in [7, 11) is -3.09. The molecule has 1 heterocycles. The maximum atomic E-state index is 12.8. The van der Waals surface area contributed by atoms with E-state index in [2.05, 4.69) is 31.9 Å². The van der Waals surface area contributed by atoms with Crippen molar-refractivity contribution in [1.82, 2.24) is 0 Å². The van der Waals surface area contributed by atoms with Crippen LogP contribution in [0.2, 0.25) is 0 Å². The molecule has 0 N–H and O–H groups in total. The molecule has 5 nitrogen and oxygen atoms in total. The number of rotatable bonds is 4. The van der Waals surface area contributed by atoms with Crippen molar-refractivity contribution in [2.75, 3.05) is 24.3 Å². The van der Waals surface area contributed by atoms with E-state index in [4.69, 9.17) is 4.74 Å². The molecule has 1 aromatic carbocycles. The average Bonchev–Trinajstić information content (AvgIpc) is 2.68. The van der Waals surface area contributed by atoms with Gasteiger partial charge in [0, 0.05) is 29.4 Å². The molecule has 9 heteroatoms. The summed E-state index contributed by atoms with van der Waals surface area (Å²) in [5.74, 6) is -0.883. The fourth-order valence-electron chi connectivity index (χ4n) is 2.29. The minimum Gasteiger partial charge on any atom is -0.495 e. The van der Waals surface area contributed by atoms with Gasteiger partial charge in [-0.05, 0) is 37.9 Å². The molecular weight excluding hydrogens is 433 g/mol. The van der Waals surface area contributed by atoms with Gasteiger partial charge in [0.1, 0.15) is 5.75 Å². The van der Waals surface area contributed by atoms with E-state index in [0.29, 0.717) is 15.9 Å². The molecule has 0 bridgehead atoms. The van der Waals surface area contributed by atoms with Crippen molar-refractivity contribution in [2.24, 2.45) is 5.92 Å². The molecule has 21 heavy (non-hydrogen) atoms. The van der Waals surface area contributed by atoms with E-state index >= 15 is 0 Å². The van der Waals surface area contributed by atoms with Crippen molar-refractivity contribution in [3.8, 4) is 5.75 Å². The number of anilines is 1. The summed E-state index contributed by atoms with van der Waals surface area (Å²) in [6.07, 6.45) is 0.00791. The smallest absolute Gasteiger partial charge is 0.302 e. The summed E-state index contributed by atoms with van der Waals surface area (Å²) in [5, 5.41) is 0. The number of methoxy groups -OCH3 is 1. The van der Waals surface area contributed by atoms with Gasteiger partial charge in [0.25, 0.3) is 0 Å². The van der Waals surface area contributed by atoms with Crippen molar-refractivity contribution in [3.63, 3.8) is 0 Å². The highest BCUT2D eigenvalue weighted by Gasteiger charge is 2.34. The average molecular weight is 445 g/mol. The van der Waals surface area contributed by atoms with Gasteiger partial charge in [-0.3, -0.25) is 4.79 Å². The molecule has 0 saturated carbocycles. The van der Waals surface area contributed by atoms with Crippen LogP contribution in [-0.2, 0) is 15.0 Å². The first-order chi connectivity index (χ1) is 9.71. The van der Waals surface area contributed by atoms with Crippen molar-refractivity contribution in [2.45, 2.75) is 6.42 Å². The van der Waals surface area contributed by atoms with Gasteiger partial charge < -0.3 is 9.64 Å². The summed E-state index contributed by atoms with van der Waals surface area (Å²) < 4.78 is 40.7. The van der Waals surface area contributed by atoms with Gasteiger partial charge >= 0.3 is 10.2 Å². The molecule has 0 spiro atoms. The summed E-state index contributed by atoms with van der Waals surface area (Å²) >= 11 is 6.69. The third-order valence-electron chi connectivity index (χ3n) is 3.15. The molecule has 1 aliphatic heterocycles. The molecule has 1 amide bonds. The van der Waals surface area contributed by atoms with Crippen LogP contribution in [0.25, 0.3) is 0 Å². The fourth-order valence-corrected chi connectivity index (χ4v) is 4.45. The molecule has 1 aliphatic rings. The quantitative estimate of drug-likeness (QED) is 0.670. The van der Waals surface area contributed by atoms with Crippen LogP contribution < -0.4 is 9.64 Å². The predicted octanol–water partition coefficient (Wildman–Crippen LogP) is 2.87. The molecule has 1 aromatic rings. The third kappa shape index (κ3) is 3.95. The lowest BCUT2D eigenvalue weighted by Crippen LogP contribution is -2.25. The lowest BCUT2D eigenvalue weighted by molar-refractivity contribution is -0.117. The zero-order chi connectivity index (χ0) is 15.8. The number of hydrogen-bond acceptors (Lipinski definition) is 4. The Morgan fingerprint density at radius 3 is 2.62 bits per heavy atom. The Kier molecular flexibility index (Phi) is 4.94. The van der Waals surface area contributed by atoms with E-state index in [1.54, 1.807) is 12.1 Å². The maximum absolute atomic E-state index is 12.8. The van der Waals surface area contributed by atoms with Gasteiger partial charge in [-0.25, -0.2) is 0 Å². The molecule has 116 valence electrons. The molecule has 1 saturated heterocycles. The molecule has 2 rings (SSSR count). The van der Waals surface area contributed by atoms with Gasteiger partial charge in [-0.1, -0.05) is 0 Å². The Labute approximate surface area is 138 Å². The van der Waals surface area contributed by atoms with Gasteiger partial charge in [-0.2, -0.15) is 8.42 Å². The van der Waals surface area contributed by atoms with Gasteiger partial charge in [-0.15, -0.1) is 3.89 Å². The van der Waals surface area contributed by atoms with Gasteiger partial charge in [0.05, 0.1) is 23.0 Å².